The maximum atomic E-state index is 12.3. The number of carbonyl (C=O) groups is 1. The van der Waals surface area contributed by atoms with Crippen LogP contribution in [0.15, 0.2) is 46.3 Å². The molecule has 0 unspecified atom stereocenters. The summed E-state index contributed by atoms with van der Waals surface area (Å²) in [4.78, 5) is 17.2. The highest BCUT2D eigenvalue weighted by Crippen LogP contribution is 2.37. The summed E-state index contributed by atoms with van der Waals surface area (Å²) in [6.45, 7) is 0. The van der Waals surface area contributed by atoms with Gasteiger partial charge in [-0.05, 0) is 59.8 Å². The lowest BCUT2D eigenvalue weighted by Crippen LogP contribution is -2.19. The van der Waals surface area contributed by atoms with E-state index in [1.54, 1.807) is 25.3 Å². The third-order valence-electron chi connectivity index (χ3n) is 3.71. The van der Waals surface area contributed by atoms with Crippen molar-refractivity contribution in [3.63, 3.8) is 0 Å². The Morgan fingerprint density at radius 2 is 1.81 bits per heavy atom. The number of nitrogens with zero attached hydrogens (tertiary/aromatic N) is 1. The minimum atomic E-state index is -0.224. The molecule has 1 fully saturated rings. The maximum absolute atomic E-state index is 12.3. The number of thioether (sulfide) groups is 1. The Hall–Kier alpha value is -2.64. The van der Waals surface area contributed by atoms with E-state index in [1.165, 1.54) is 26.0 Å². The lowest BCUT2D eigenvalue weighted by molar-refractivity contribution is -0.115. The molecule has 1 heterocycles. The van der Waals surface area contributed by atoms with Gasteiger partial charge in [0.15, 0.2) is 16.7 Å². The number of ether oxygens (including phenoxy) is 3. The smallest absolute Gasteiger partial charge is 0.264 e. The van der Waals surface area contributed by atoms with E-state index in [-0.39, 0.29) is 5.91 Å². The minimum absolute atomic E-state index is 0.224. The minimum Gasteiger partial charge on any atom is -0.497 e. The van der Waals surface area contributed by atoms with Crippen LogP contribution in [0.3, 0.4) is 0 Å². The molecular formula is C19H17ClN2O4S. The first-order chi connectivity index (χ1) is 13.0. The van der Waals surface area contributed by atoms with Crippen LogP contribution >= 0.6 is 23.4 Å². The van der Waals surface area contributed by atoms with Gasteiger partial charge in [0.05, 0.1) is 36.9 Å². The van der Waals surface area contributed by atoms with Crippen LogP contribution in [-0.4, -0.2) is 32.4 Å². The molecule has 1 saturated heterocycles. The van der Waals surface area contributed by atoms with Gasteiger partial charge in [-0.2, -0.15) is 0 Å². The Morgan fingerprint density at radius 1 is 1.07 bits per heavy atom. The zero-order valence-corrected chi connectivity index (χ0v) is 16.5. The Labute approximate surface area is 166 Å². The summed E-state index contributed by atoms with van der Waals surface area (Å²) in [5.74, 6) is 1.46. The molecule has 1 aliphatic rings. The first-order valence-electron chi connectivity index (χ1n) is 7.89. The van der Waals surface area contributed by atoms with Crippen molar-refractivity contribution >= 4 is 46.2 Å². The highest BCUT2D eigenvalue weighted by molar-refractivity contribution is 8.18. The van der Waals surface area contributed by atoms with Crippen LogP contribution in [0, 0.1) is 0 Å². The Morgan fingerprint density at radius 3 is 2.44 bits per heavy atom. The molecule has 0 atom stereocenters. The fourth-order valence-electron chi connectivity index (χ4n) is 2.43. The Balaban J connectivity index is 1.84. The number of hydrogen-bond donors (Lipinski definition) is 1. The van der Waals surface area contributed by atoms with Crippen LogP contribution in [0.25, 0.3) is 6.08 Å². The van der Waals surface area contributed by atoms with E-state index in [1.807, 2.05) is 24.3 Å². The molecule has 6 nitrogen and oxygen atoms in total. The van der Waals surface area contributed by atoms with Gasteiger partial charge in [-0.25, -0.2) is 4.99 Å². The third kappa shape index (κ3) is 4.37. The zero-order valence-electron chi connectivity index (χ0n) is 14.9. The molecule has 0 saturated carbocycles. The van der Waals surface area contributed by atoms with Gasteiger partial charge in [0, 0.05) is 0 Å². The molecule has 1 aliphatic heterocycles. The average molecular weight is 405 g/mol. The number of carbonyl (C=O) groups excluding carboxylic acids is 1. The largest absolute Gasteiger partial charge is 0.497 e. The molecule has 27 heavy (non-hydrogen) atoms. The molecule has 3 rings (SSSR count). The Kier molecular flexibility index (Phi) is 5.93. The van der Waals surface area contributed by atoms with Crippen molar-refractivity contribution in [1.29, 1.82) is 0 Å². The van der Waals surface area contributed by atoms with Crippen molar-refractivity contribution in [1.82, 2.24) is 5.32 Å². The van der Waals surface area contributed by atoms with E-state index >= 15 is 0 Å². The molecule has 2 aromatic rings. The quantitative estimate of drug-likeness (QED) is 0.754. The SMILES string of the molecule is COc1ccc(N=C2NC(=O)/C(=C/c3cc(Cl)c(OC)c(OC)c3)S2)cc1. The van der Waals surface area contributed by atoms with Gasteiger partial charge >= 0.3 is 0 Å². The van der Waals surface area contributed by atoms with Gasteiger partial charge in [0.25, 0.3) is 5.91 Å². The van der Waals surface area contributed by atoms with E-state index in [0.717, 1.165) is 11.3 Å². The lowest BCUT2D eigenvalue weighted by atomic mass is 10.2. The first-order valence-corrected chi connectivity index (χ1v) is 9.08. The van der Waals surface area contributed by atoms with Crippen LogP contribution in [0.1, 0.15) is 5.56 Å². The molecule has 0 aliphatic carbocycles. The van der Waals surface area contributed by atoms with Crippen LogP contribution in [0.2, 0.25) is 5.02 Å². The van der Waals surface area contributed by atoms with E-state index < -0.39 is 0 Å². The van der Waals surface area contributed by atoms with Gasteiger partial charge in [-0.1, -0.05) is 11.6 Å². The van der Waals surface area contributed by atoms with Crippen molar-refractivity contribution in [3.8, 4) is 17.2 Å². The van der Waals surface area contributed by atoms with Gasteiger partial charge in [0.2, 0.25) is 0 Å². The predicted octanol–water partition coefficient (Wildman–Crippen LogP) is 4.26. The molecule has 1 N–H and O–H groups in total. The first kappa shape index (κ1) is 19.1. The molecule has 140 valence electrons. The fraction of sp³-hybridized carbons (Fsp3) is 0.158. The topological polar surface area (TPSA) is 69.2 Å². The molecule has 2 aromatic carbocycles. The summed E-state index contributed by atoms with van der Waals surface area (Å²) in [6.07, 6.45) is 1.73. The monoisotopic (exact) mass is 404 g/mol. The van der Waals surface area contributed by atoms with Crippen molar-refractivity contribution in [2.75, 3.05) is 21.3 Å². The summed E-state index contributed by atoms with van der Waals surface area (Å²) >= 11 is 7.47. The van der Waals surface area contributed by atoms with Crippen LogP contribution in [0.4, 0.5) is 5.69 Å². The summed E-state index contributed by atoms with van der Waals surface area (Å²) in [5, 5.41) is 3.66. The number of amidine groups is 1. The number of rotatable bonds is 5. The molecule has 8 heteroatoms. The highest BCUT2D eigenvalue weighted by atomic mass is 35.5. The second-order valence-electron chi connectivity index (χ2n) is 5.42. The van der Waals surface area contributed by atoms with Crippen LogP contribution < -0.4 is 19.5 Å². The molecule has 0 aromatic heterocycles. The number of halogens is 1. The maximum Gasteiger partial charge on any atom is 0.264 e. The average Bonchev–Trinajstić information content (AvgIpc) is 3.00. The summed E-state index contributed by atoms with van der Waals surface area (Å²) in [7, 11) is 4.65. The zero-order chi connectivity index (χ0) is 19.4. The number of aliphatic imine (C=N–C) groups is 1. The number of hydrogen-bond acceptors (Lipinski definition) is 6. The molecule has 0 radical (unpaired) electrons. The summed E-state index contributed by atoms with van der Waals surface area (Å²) in [5.41, 5.74) is 1.44. The number of amides is 1. The van der Waals surface area contributed by atoms with Gasteiger partial charge in [0.1, 0.15) is 5.75 Å². The molecular weight excluding hydrogens is 388 g/mol. The van der Waals surface area contributed by atoms with E-state index in [9.17, 15) is 4.79 Å². The summed E-state index contributed by atoms with van der Waals surface area (Å²) in [6, 6.07) is 10.7. The molecule has 1 amide bonds. The number of benzene rings is 2. The third-order valence-corrected chi connectivity index (χ3v) is 4.90. The fourth-order valence-corrected chi connectivity index (χ4v) is 3.57. The van der Waals surface area contributed by atoms with Crippen molar-refractivity contribution < 1.29 is 19.0 Å². The normalized spacial score (nSPS) is 16.5. The van der Waals surface area contributed by atoms with Crippen molar-refractivity contribution in [2.24, 2.45) is 4.99 Å². The van der Waals surface area contributed by atoms with E-state index in [0.29, 0.717) is 32.3 Å². The van der Waals surface area contributed by atoms with Crippen LogP contribution in [0.5, 0.6) is 17.2 Å². The lowest BCUT2D eigenvalue weighted by Gasteiger charge is -2.10. The van der Waals surface area contributed by atoms with E-state index in [2.05, 4.69) is 10.3 Å². The van der Waals surface area contributed by atoms with Gasteiger partial charge in [-0.3, -0.25) is 4.79 Å². The summed E-state index contributed by atoms with van der Waals surface area (Å²) < 4.78 is 15.6. The molecule has 0 spiro atoms. The van der Waals surface area contributed by atoms with Crippen LogP contribution in [-0.2, 0) is 4.79 Å². The molecule has 0 bridgehead atoms. The van der Waals surface area contributed by atoms with E-state index in [4.69, 9.17) is 25.8 Å². The Bertz CT molecular complexity index is 926. The highest BCUT2D eigenvalue weighted by Gasteiger charge is 2.24. The van der Waals surface area contributed by atoms with Crippen molar-refractivity contribution in [2.45, 2.75) is 0 Å². The predicted molar refractivity (Wildman–Crippen MR) is 108 cm³/mol. The van der Waals surface area contributed by atoms with Gasteiger partial charge < -0.3 is 19.5 Å². The standard InChI is InChI=1S/C19H17ClN2O4S/c1-24-13-6-4-12(5-7-13)21-19-22-18(23)16(27-19)10-11-8-14(20)17(26-3)15(9-11)25-2/h4-10H,1-3H3,(H,21,22,23)/b16-10-. The second kappa shape index (κ2) is 8.37. The number of methoxy groups -OCH3 is 3. The van der Waals surface area contributed by atoms with Crippen molar-refractivity contribution in [3.05, 3.63) is 51.9 Å². The van der Waals surface area contributed by atoms with Gasteiger partial charge in [-0.15, -0.1) is 0 Å². The second-order valence-corrected chi connectivity index (χ2v) is 6.86. The number of nitrogens with one attached hydrogen (secondary N) is 1.